The average Bonchev–Trinajstić information content (AvgIpc) is 2.68. The molecule has 27 heavy (non-hydrogen) atoms. The molecule has 2 N–H and O–H groups in total. The van der Waals surface area contributed by atoms with Gasteiger partial charge in [-0.25, -0.2) is 13.1 Å². The molecule has 0 saturated carbocycles. The van der Waals surface area contributed by atoms with Gasteiger partial charge in [0.05, 0.1) is 4.90 Å². The largest absolute Gasteiger partial charge is 0.484 e. The van der Waals surface area contributed by atoms with Gasteiger partial charge in [-0.15, -0.1) is 0 Å². The third-order valence-corrected chi connectivity index (χ3v) is 5.38. The van der Waals surface area contributed by atoms with Gasteiger partial charge in [0, 0.05) is 13.1 Å². The predicted octanol–water partition coefficient (Wildman–Crippen LogP) is 2.50. The Morgan fingerprint density at radius 2 is 1.70 bits per heavy atom. The van der Waals surface area contributed by atoms with Gasteiger partial charge >= 0.3 is 0 Å². The molecule has 0 aliphatic rings. The van der Waals surface area contributed by atoms with Gasteiger partial charge in [-0.05, 0) is 42.7 Å². The van der Waals surface area contributed by atoms with Gasteiger partial charge in [-0.1, -0.05) is 43.7 Å². The molecule has 0 aliphatic carbocycles. The minimum Gasteiger partial charge on any atom is -0.484 e. The van der Waals surface area contributed by atoms with E-state index >= 15 is 0 Å². The number of hydrogen-bond acceptors (Lipinski definition) is 4. The number of benzene rings is 2. The molecule has 6 nitrogen and oxygen atoms in total. The lowest BCUT2D eigenvalue weighted by Crippen LogP contribution is -2.29. The Morgan fingerprint density at radius 1 is 1.00 bits per heavy atom. The number of carbonyl (C=O) groups is 1. The zero-order chi connectivity index (χ0) is 19.5. The van der Waals surface area contributed by atoms with E-state index in [2.05, 4.69) is 17.0 Å². The monoisotopic (exact) mass is 390 g/mol. The molecule has 2 rings (SSSR count). The Hall–Kier alpha value is -2.38. The molecule has 0 saturated heterocycles. The number of unbranched alkanes of at least 4 members (excludes halogenated alkanes) is 1. The highest BCUT2D eigenvalue weighted by atomic mass is 32.2. The molecule has 0 aliphatic heterocycles. The summed E-state index contributed by atoms with van der Waals surface area (Å²) < 4.78 is 32.6. The van der Waals surface area contributed by atoms with E-state index in [0.29, 0.717) is 25.3 Å². The van der Waals surface area contributed by atoms with Gasteiger partial charge in [0.25, 0.3) is 5.91 Å². The molecule has 1 amide bonds. The van der Waals surface area contributed by atoms with Gasteiger partial charge < -0.3 is 10.1 Å². The lowest BCUT2D eigenvalue weighted by Gasteiger charge is -2.09. The maximum Gasteiger partial charge on any atom is 0.257 e. The summed E-state index contributed by atoms with van der Waals surface area (Å²) in [5, 5.41) is 2.76. The van der Waals surface area contributed by atoms with E-state index in [1.54, 1.807) is 12.1 Å². The predicted molar refractivity (Wildman–Crippen MR) is 105 cm³/mol. The van der Waals surface area contributed by atoms with E-state index in [0.717, 1.165) is 18.4 Å². The third-order valence-electron chi connectivity index (χ3n) is 3.91. The average molecular weight is 391 g/mol. The molecule has 0 unspecified atom stereocenters. The normalized spacial score (nSPS) is 11.1. The van der Waals surface area contributed by atoms with Crippen molar-refractivity contribution in [3.05, 3.63) is 60.2 Å². The summed E-state index contributed by atoms with van der Waals surface area (Å²) in [5.74, 6) is 0.256. The van der Waals surface area contributed by atoms with Gasteiger partial charge in [0.2, 0.25) is 10.0 Å². The van der Waals surface area contributed by atoms with E-state index in [4.69, 9.17) is 4.74 Å². The molecule has 7 heteroatoms. The highest BCUT2D eigenvalue weighted by Crippen LogP contribution is 2.16. The van der Waals surface area contributed by atoms with Crippen LogP contribution in [-0.2, 0) is 21.2 Å². The molecule has 0 fully saturated rings. The summed E-state index contributed by atoms with van der Waals surface area (Å²) in [5.41, 5.74) is 1.07. The maximum atomic E-state index is 12.3. The minimum atomic E-state index is -3.58. The number of hydrogen-bond donors (Lipinski definition) is 2. The number of carbonyl (C=O) groups excluding carboxylic acids is 1. The molecule has 0 bridgehead atoms. The van der Waals surface area contributed by atoms with Gasteiger partial charge in [0.15, 0.2) is 6.61 Å². The molecule has 146 valence electrons. The summed E-state index contributed by atoms with van der Waals surface area (Å²) in [6.45, 7) is 2.91. The maximum absolute atomic E-state index is 12.3. The van der Waals surface area contributed by atoms with Crippen molar-refractivity contribution >= 4 is 15.9 Å². The SMILES string of the molecule is CCCCNC(=O)COc1ccc(S(=O)(=O)NCCc2ccccc2)cc1. The number of amides is 1. The first-order valence-electron chi connectivity index (χ1n) is 9.04. The number of ether oxygens (including phenoxy) is 1. The Labute approximate surface area is 161 Å². The lowest BCUT2D eigenvalue weighted by atomic mass is 10.2. The fourth-order valence-corrected chi connectivity index (χ4v) is 3.41. The van der Waals surface area contributed by atoms with E-state index < -0.39 is 10.0 Å². The van der Waals surface area contributed by atoms with E-state index in [1.165, 1.54) is 12.1 Å². The van der Waals surface area contributed by atoms with Crippen molar-refractivity contribution in [2.45, 2.75) is 31.1 Å². The van der Waals surface area contributed by atoms with E-state index in [1.807, 2.05) is 30.3 Å². The van der Waals surface area contributed by atoms with Crippen LogP contribution >= 0.6 is 0 Å². The highest BCUT2D eigenvalue weighted by Gasteiger charge is 2.13. The molecule has 0 aromatic heterocycles. The van der Waals surface area contributed by atoms with Crippen LogP contribution in [-0.4, -0.2) is 34.0 Å². The van der Waals surface area contributed by atoms with Gasteiger partial charge in [-0.3, -0.25) is 4.79 Å². The van der Waals surface area contributed by atoms with Crippen molar-refractivity contribution in [2.75, 3.05) is 19.7 Å². The zero-order valence-electron chi connectivity index (χ0n) is 15.5. The molecule has 2 aromatic carbocycles. The second kappa shape index (κ2) is 10.7. The summed E-state index contributed by atoms with van der Waals surface area (Å²) in [6, 6.07) is 15.7. The van der Waals surface area contributed by atoms with Crippen LogP contribution in [0.25, 0.3) is 0 Å². The molecular weight excluding hydrogens is 364 g/mol. The number of rotatable bonds is 11. The van der Waals surface area contributed by atoms with E-state index in [-0.39, 0.29) is 17.4 Å². The minimum absolute atomic E-state index is 0.0921. The van der Waals surface area contributed by atoms with Crippen LogP contribution in [0.3, 0.4) is 0 Å². The first kappa shape index (κ1) is 20.9. The van der Waals surface area contributed by atoms with Crippen LogP contribution < -0.4 is 14.8 Å². The summed E-state index contributed by atoms with van der Waals surface area (Å²) >= 11 is 0. The smallest absolute Gasteiger partial charge is 0.257 e. The molecule has 0 atom stereocenters. The quantitative estimate of drug-likeness (QED) is 0.578. The molecular formula is C20H26N2O4S. The Morgan fingerprint density at radius 3 is 2.37 bits per heavy atom. The zero-order valence-corrected chi connectivity index (χ0v) is 16.3. The first-order valence-corrected chi connectivity index (χ1v) is 10.5. The van der Waals surface area contributed by atoms with Crippen LogP contribution in [0.5, 0.6) is 5.75 Å². The van der Waals surface area contributed by atoms with Gasteiger partial charge in [-0.2, -0.15) is 0 Å². The lowest BCUT2D eigenvalue weighted by molar-refractivity contribution is -0.123. The van der Waals surface area contributed by atoms with E-state index in [9.17, 15) is 13.2 Å². The van der Waals surface area contributed by atoms with Crippen LogP contribution in [0.2, 0.25) is 0 Å². The first-order chi connectivity index (χ1) is 13.0. The van der Waals surface area contributed by atoms with Crippen molar-refractivity contribution < 1.29 is 17.9 Å². The topological polar surface area (TPSA) is 84.5 Å². The fraction of sp³-hybridized carbons (Fsp3) is 0.350. The van der Waals surface area contributed by atoms with Crippen molar-refractivity contribution in [3.63, 3.8) is 0 Å². The number of nitrogens with one attached hydrogen (secondary N) is 2. The van der Waals surface area contributed by atoms with Crippen molar-refractivity contribution in [2.24, 2.45) is 0 Å². The van der Waals surface area contributed by atoms with Crippen LogP contribution in [0.1, 0.15) is 25.3 Å². The molecule has 2 aromatic rings. The van der Waals surface area contributed by atoms with Crippen molar-refractivity contribution in [1.29, 1.82) is 0 Å². The van der Waals surface area contributed by atoms with Crippen LogP contribution in [0.15, 0.2) is 59.5 Å². The third kappa shape index (κ3) is 7.40. The summed E-state index contributed by atoms with van der Waals surface area (Å²) in [6.07, 6.45) is 2.56. The molecule has 0 heterocycles. The molecule has 0 spiro atoms. The Kier molecular flexibility index (Phi) is 8.29. The molecule has 0 radical (unpaired) electrons. The highest BCUT2D eigenvalue weighted by molar-refractivity contribution is 7.89. The van der Waals surface area contributed by atoms with Crippen molar-refractivity contribution in [3.8, 4) is 5.75 Å². The fourth-order valence-electron chi connectivity index (χ4n) is 2.38. The number of sulfonamides is 1. The van der Waals surface area contributed by atoms with Crippen molar-refractivity contribution in [1.82, 2.24) is 10.0 Å². The second-order valence-electron chi connectivity index (χ2n) is 6.10. The van der Waals surface area contributed by atoms with Gasteiger partial charge in [0.1, 0.15) is 5.75 Å². The standard InChI is InChI=1S/C20H26N2O4S/c1-2-3-14-21-20(23)16-26-18-9-11-19(12-10-18)27(24,25)22-15-13-17-7-5-4-6-8-17/h4-12,22H,2-3,13-16H2,1H3,(H,21,23). The van der Waals surface area contributed by atoms with Crippen LogP contribution in [0, 0.1) is 0 Å². The van der Waals surface area contributed by atoms with Crippen LogP contribution in [0.4, 0.5) is 0 Å². The summed E-state index contributed by atoms with van der Waals surface area (Å²) in [4.78, 5) is 11.8. The Bertz CT molecular complexity index is 806. The summed E-state index contributed by atoms with van der Waals surface area (Å²) in [7, 11) is -3.58. The second-order valence-corrected chi connectivity index (χ2v) is 7.86. The Balaban J connectivity index is 1.81.